The van der Waals surface area contributed by atoms with Crippen LogP contribution in [0.2, 0.25) is 5.02 Å². The van der Waals surface area contributed by atoms with Crippen molar-refractivity contribution in [3.8, 4) is 0 Å². The molecule has 1 atom stereocenters. The second kappa shape index (κ2) is 13.9. The van der Waals surface area contributed by atoms with E-state index in [1.807, 2.05) is 19.1 Å². The van der Waals surface area contributed by atoms with Gasteiger partial charge < -0.3 is 10.2 Å². The largest absolute Gasteiger partial charge is 0.352 e. The molecule has 1 aliphatic rings. The Hall–Kier alpha value is -2.65. The molecule has 1 aliphatic carbocycles. The summed E-state index contributed by atoms with van der Waals surface area (Å²) in [5.74, 6) is -1.14. The van der Waals surface area contributed by atoms with Gasteiger partial charge in [-0.1, -0.05) is 68.1 Å². The fraction of sp³-hybridized carbons (Fsp3) is 0.500. The highest BCUT2D eigenvalue weighted by atomic mass is 35.5. The first kappa shape index (κ1) is 29.9. The Labute approximate surface area is 230 Å². The zero-order valence-electron chi connectivity index (χ0n) is 22.0. The number of benzene rings is 2. The number of carbonyl (C=O) groups is 2. The Morgan fingerprint density at radius 3 is 2.37 bits per heavy atom. The van der Waals surface area contributed by atoms with Gasteiger partial charge >= 0.3 is 0 Å². The van der Waals surface area contributed by atoms with E-state index < -0.39 is 21.9 Å². The summed E-state index contributed by atoms with van der Waals surface area (Å²) in [7, 11) is -3.78. The Morgan fingerprint density at radius 1 is 1.08 bits per heavy atom. The molecule has 0 aliphatic heterocycles. The average molecular weight is 566 g/mol. The first-order valence-corrected chi connectivity index (χ1v) is 15.4. The fourth-order valence-corrected chi connectivity index (χ4v) is 6.07. The zero-order chi connectivity index (χ0) is 27.7. The topological polar surface area (TPSA) is 86.8 Å². The Morgan fingerprint density at radius 2 is 1.74 bits per heavy atom. The van der Waals surface area contributed by atoms with Crippen LogP contribution in [0.3, 0.4) is 0 Å². The molecule has 1 saturated carbocycles. The van der Waals surface area contributed by atoms with Gasteiger partial charge in [-0.15, -0.1) is 0 Å². The summed E-state index contributed by atoms with van der Waals surface area (Å²) in [5.41, 5.74) is 0.657. The van der Waals surface area contributed by atoms with E-state index in [-0.39, 0.29) is 49.5 Å². The van der Waals surface area contributed by atoms with Gasteiger partial charge in [0.15, 0.2) is 0 Å². The van der Waals surface area contributed by atoms with Gasteiger partial charge in [0.25, 0.3) is 0 Å². The molecule has 208 valence electrons. The van der Waals surface area contributed by atoms with Crippen LogP contribution in [0.5, 0.6) is 0 Å². The van der Waals surface area contributed by atoms with E-state index in [1.54, 1.807) is 18.2 Å². The van der Waals surface area contributed by atoms with E-state index in [0.29, 0.717) is 11.4 Å². The molecule has 0 bridgehead atoms. The van der Waals surface area contributed by atoms with Crippen LogP contribution in [0.4, 0.5) is 10.1 Å². The molecule has 0 heterocycles. The minimum Gasteiger partial charge on any atom is -0.352 e. The lowest BCUT2D eigenvalue weighted by molar-refractivity contribution is -0.141. The van der Waals surface area contributed by atoms with Crippen molar-refractivity contribution in [3.05, 3.63) is 64.9 Å². The molecule has 0 saturated heterocycles. The van der Waals surface area contributed by atoms with Crippen molar-refractivity contribution in [2.75, 3.05) is 17.1 Å². The van der Waals surface area contributed by atoms with Crippen molar-refractivity contribution < 1.29 is 22.4 Å². The molecule has 38 heavy (non-hydrogen) atoms. The highest BCUT2D eigenvalue weighted by Crippen LogP contribution is 2.24. The highest BCUT2D eigenvalue weighted by Gasteiger charge is 2.31. The number of hydrogen-bond donors (Lipinski definition) is 1. The van der Waals surface area contributed by atoms with Crippen LogP contribution in [0, 0.1) is 5.82 Å². The molecule has 1 N–H and O–H groups in total. The molecule has 2 aromatic carbocycles. The van der Waals surface area contributed by atoms with E-state index in [9.17, 15) is 22.4 Å². The van der Waals surface area contributed by atoms with Crippen molar-refractivity contribution in [3.63, 3.8) is 0 Å². The normalized spacial score (nSPS) is 15.1. The van der Waals surface area contributed by atoms with Crippen LogP contribution < -0.4 is 9.62 Å². The number of halogens is 2. The lowest BCUT2D eigenvalue weighted by atomic mass is 9.95. The third kappa shape index (κ3) is 8.17. The van der Waals surface area contributed by atoms with E-state index >= 15 is 0 Å². The first-order valence-electron chi connectivity index (χ1n) is 13.2. The number of sulfonamides is 1. The second-order valence-electron chi connectivity index (χ2n) is 9.77. The van der Waals surface area contributed by atoms with Gasteiger partial charge in [0.1, 0.15) is 11.9 Å². The molecule has 1 fully saturated rings. The summed E-state index contributed by atoms with van der Waals surface area (Å²) >= 11 is 6.39. The number of amides is 2. The predicted molar refractivity (Wildman–Crippen MR) is 149 cm³/mol. The summed E-state index contributed by atoms with van der Waals surface area (Å²) in [4.78, 5) is 28.4. The molecule has 0 spiro atoms. The van der Waals surface area contributed by atoms with Gasteiger partial charge in [-0.25, -0.2) is 12.8 Å². The maximum absolute atomic E-state index is 14.4. The van der Waals surface area contributed by atoms with Crippen molar-refractivity contribution >= 4 is 39.1 Å². The lowest BCUT2D eigenvalue weighted by Gasteiger charge is -2.33. The van der Waals surface area contributed by atoms with Crippen molar-refractivity contribution in [1.82, 2.24) is 10.2 Å². The first-order chi connectivity index (χ1) is 18.1. The quantitative estimate of drug-likeness (QED) is 0.379. The number of para-hydroxylation sites is 1. The van der Waals surface area contributed by atoms with Crippen LogP contribution in [0.25, 0.3) is 0 Å². The van der Waals surface area contributed by atoms with Crippen molar-refractivity contribution in [2.45, 2.75) is 76.9 Å². The van der Waals surface area contributed by atoms with E-state index in [4.69, 9.17) is 11.6 Å². The molecule has 0 aromatic heterocycles. The van der Waals surface area contributed by atoms with Crippen LogP contribution in [-0.2, 0) is 26.2 Å². The van der Waals surface area contributed by atoms with E-state index in [1.165, 1.54) is 23.1 Å². The maximum atomic E-state index is 14.4. The van der Waals surface area contributed by atoms with E-state index in [2.05, 4.69) is 5.32 Å². The molecule has 7 nitrogen and oxygen atoms in total. The number of hydrogen-bond acceptors (Lipinski definition) is 4. The summed E-state index contributed by atoms with van der Waals surface area (Å²) in [6.07, 6.45) is 6.73. The Kier molecular flexibility index (Phi) is 11.0. The van der Waals surface area contributed by atoms with Crippen molar-refractivity contribution in [1.29, 1.82) is 0 Å². The summed E-state index contributed by atoms with van der Waals surface area (Å²) in [5, 5.41) is 3.63. The summed E-state index contributed by atoms with van der Waals surface area (Å²) in [6.45, 7) is 1.94. The number of nitrogens with one attached hydrogen (secondary N) is 1. The number of rotatable bonds is 12. The average Bonchev–Trinajstić information content (AvgIpc) is 2.88. The SMILES string of the molecule is CC[C@@H](C(=O)NC1CCCCC1)N(Cc1ccccc1Cl)C(=O)CCCN(c1ccccc1F)S(C)(=O)=O. The number of anilines is 1. The minimum atomic E-state index is -3.78. The maximum Gasteiger partial charge on any atom is 0.243 e. The van der Waals surface area contributed by atoms with Crippen LogP contribution >= 0.6 is 11.6 Å². The van der Waals surface area contributed by atoms with Crippen LogP contribution in [-0.4, -0.2) is 50.0 Å². The van der Waals surface area contributed by atoms with Gasteiger partial charge in [-0.2, -0.15) is 0 Å². The molecule has 0 unspecified atom stereocenters. The van der Waals surface area contributed by atoms with Gasteiger partial charge in [-0.05, 0) is 49.4 Å². The molecular formula is C28H37ClFN3O4S. The van der Waals surface area contributed by atoms with Crippen molar-refractivity contribution in [2.24, 2.45) is 0 Å². The fourth-order valence-electron chi connectivity index (χ4n) is 4.91. The van der Waals surface area contributed by atoms with E-state index in [0.717, 1.165) is 48.2 Å². The summed E-state index contributed by atoms with van der Waals surface area (Å²) < 4.78 is 40.1. The number of nitrogens with zero attached hydrogens (tertiary/aromatic N) is 2. The van der Waals surface area contributed by atoms with Crippen LogP contribution in [0.1, 0.15) is 63.9 Å². The minimum absolute atomic E-state index is 0.0157. The third-order valence-electron chi connectivity index (χ3n) is 6.91. The standard InChI is InChI=1S/C28H37ClFN3O4S/c1-3-25(28(35)31-22-13-5-4-6-14-22)32(20-21-12-7-8-15-23(21)29)27(34)18-11-19-33(38(2,36)37)26-17-10-9-16-24(26)30/h7-10,12,15-17,22,25H,3-6,11,13-14,18-20H2,1-2H3,(H,31,35)/t25-/m0/s1. The second-order valence-corrected chi connectivity index (χ2v) is 12.1. The molecule has 3 rings (SSSR count). The summed E-state index contributed by atoms with van der Waals surface area (Å²) in [6, 6.07) is 12.2. The zero-order valence-corrected chi connectivity index (χ0v) is 23.6. The molecule has 10 heteroatoms. The molecule has 0 radical (unpaired) electrons. The van der Waals surface area contributed by atoms with Crippen LogP contribution in [0.15, 0.2) is 48.5 Å². The van der Waals surface area contributed by atoms with Gasteiger partial charge in [0, 0.05) is 30.6 Å². The monoisotopic (exact) mass is 565 g/mol. The Balaban J connectivity index is 1.77. The smallest absolute Gasteiger partial charge is 0.243 e. The Bertz CT molecular complexity index is 1200. The van der Waals surface area contributed by atoms with Gasteiger partial charge in [-0.3, -0.25) is 13.9 Å². The van der Waals surface area contributed by atoms with Gasteiger partial charge in [0.2, 0.25) is 21.8 Å². The third-order valence-corrected chi connectivity index (χ3v) is 8.46. The van der Waals surface area contributed by atoms with Gasteiger partial charge in [0.05, 0.1) is 11.9 Å². The lowest BCUT2D eigenvalue weighted by Crippen LogP contribution is -2.51. The molecule has 2 amide bonds. The predicted octanol–water partition coefficient (Wildman–Crippen LogP) is 5.28. The highest BCUT2D eigenvalue weighted by molar-refractivity contribution is 7.92. The molecule has 2 aromatic rings. The number of carbonyl (C=O) groups excluding carboxylic acids is 2. The molecular weight excluding hydrogens is 529 g/mol.